The minimum Gasteiger partial charge on any atom is -0.361 e. The number of nitrogens with one attached hydrogen (secondary N) is 1. The smallest absolute Gasteiger partial charge is 0.0487 e. The Morgan fingerprint density at radius 2 is 1.81 bits per heavy atom. The Kier molecular flexibility index (Phi) is 4.32. The van der Waals surface area contributed by atoms with Crippen LogP contribution in [0.15, 0.2) is 48.7 Å². The molecule has 140 valence electrons. The number of aryl methyl sites for hydroxylation is 2. The molecule has 0 bridgehead atoms. The van der Waals surface area contributed by atoms with Crippen LogP contribution >= 0.6 is 0 Å². The summed E-state index contributed by atoms with van der Waals surface area (Å²) in [6.45, 7) is 6.82. The first-order chi connectivity index (χ1) is 13.2. The van der Waals surface area contributed by atoms with Crippen molar-refractivity contribution in [3.8, 4) is 0 Å². The summed E-state index contributed by atoms with van der Waals surface area (Å²) < 4.78 is 0. The molecular formula is C25H30N2. The zero-order valence-electron chi connectivity index (χ0n) is 16.5. The van der Waals surface area contributed by atoms with E-state index in [1.54, 1.807) is 0 Å². The maximum Gasteiger partial charge on any atom is 0.0487 e. The Morgan fingerprint density at radius 3 is 2.67 bits per heavy atom. The third-order valence-corrected chi connectivity index (χ3v) is 7.11. The van der Waals surface area contributed by atoms with Gasteiger partial charge in [0.15, 0.2) is 0 Å². The normalized spacial score (nSPS) is 25.8. The third kappa shape index (κ3) is 2.91. The van der Waals surface area contributed by atoms with Gasteiger partial charge < -0.3 is 4.98 Å². The van der Waals surface area contributed by atoms with Gasteiger partial charge in [-0.25, -0.2) is 0 Å². The number of H-pyrrole nitrogens is 1. The Morgan fingerprint density at radius 1 is 1.00 bits per heavy atom. The average Bonchev–Trinajstić information content (AvgIpc) is 3.30. The van der Waals surface area contributed by atoms with Crippen LogP contribution in [-0.4, -0.2) is 16.4 Å². The molecule has 1 saturated carbocycles. The number of aromatic amines is 1. The van der Waals surface area contributed by atoms with Gasteiger partial charge in [-0.3, -0.25) is 4.90 Å². The van der Waals surface area contributed by atoms with E-state index >= 15 is 0 Å². The van der Waals surface area contributed by atoms with E-state index in [2.05, 4.69) is 72.4 Å². The Bertz CT molecular complexity index is 940. The first-order valence-electron chi connectivity index (χ1n) is 10.6. The summed E-state index contributed by atoms with van der Waals surface area (Å²) in [6, 6.07) is 16.5. The number of fused-ring (bicyclic) bond motifs is 2. The molecule has 1 aliphatic carbocycles. The monoisotopic (exact) mass is 358 g/mol. The fourth-order valence-corrected chi connectivity index (χ4v) is 5.89. The number of hydrogen-bond acceptors (Lipinski definition) is 1. The summed E-state index contributed by atoms with van der Waals surface area (Å²) in [7, 11) is 0. The van der Waals surface area contributed by atoms with Gasteiger partial charge in [0, 0.05) is 36.2 Å². The molecule has 5 rings (SSSR count). The van der Waals surface area contributed by atoms with Crippen molar-refractivity contribution >= 4 is 10.9 Å². The van der Waals surface area contributed by atoms with Crippen LogP contribution in [0, 0.1) is 25.7 Å². The van der Waals surface area contributed by atoms with Crippen molar-refractivity contribution in [1.82, 2.24) is 9.88 Å². The lowest BCUT2D eigenvalue weighted by atomic mass is 9.77. The fraction of sp³-hybridized carbons (Fsp3) is 0.440. The van der Waals surface area contributed by atoms with Gasteiger partial charge in [0.25, 0.3) is 0 Å². The van der Waals surface area contributed by atoms with Crippen molar-refractivity contribution < 1.29 is 0 Å². The number of likely N-dealkylation sites (tertiary alicyclic amines) is 1. The largest absolute Gasteiger partial charge is 0.361 e. The molecule has 2 fully saturated rings. The Labute approximate surface area is 162 Å². The number of nitrogens with zero attached hydrogens (tertiary/aromatic N) is 1. The highest BCUT2D eigenvalue weighted by Gasteiger charge is 2.43. The predicted octanol–water partition coefficient (Wildman–Crippen LogP) is 6.15. The Hall–Kier alpha value is -2.06. The maximum absolute atomic E-state index is 3.45. The zero-order valence-corrected chi connectivity index (χ0v) is 16.5. The molecule has 1 saturated heterocycles. The van der Waals surface area contributed by atoms with E-state index in [4.69, 9.17) is 0 Å². The lowest BCUT2D eigenvalue weighted by Gasteiger charge is -2.31. The van der Waals surface area contributed by atoms with Gasteiger partial charge in [0.05, 0.1) is 0 Å². The van der Waals surface area contributed by atoms with Gasteiger partial charge in [-0.1, -0.05) is 49.2 Å². The molecule has 0 spiro atoms. The van der Waals surface area contributed by atoms with E-state index in [0.717, 1.165) is 18.4 Å². The highest BCUT2D eigenvalue weighted by molar-refractivity contribution is 5.87. The predicted molar refractivity (Wildman–Crippen MR) is 113 cm³/mol. The van der Waals surface area contributed by atoms with Crippen LogP contribution in [0.5, 0.6) is 0 Å². The van der Waals surface area contributed by atoms with Crippen LogP contribution in [0.3, 0.4) is 0 Å². The van der Waals surface area contributed by atoms with Crippen LogP contribution in [-0.2, 0) is 6.54 Å². The van der Waals surface area contributed by atoms with Crippen LogP contribution in [0.1, 0.15) is 54.0 Å². The van der Waals surface area contributed by atoms with Crippen molar-refractivity contribution in [2.45, 2.75) is 52.1 Å². The second-order valence-corrected chi connectivity index (χ2v) is 8.75. The van der Waals surface area contributed by atoms with E-state index in [1.165, 1.54) is 65.4 Å². The molecule has 2 unspecified atom stereocenters. The van der Waals surface area contributed by atoms with E-state index in [1.807, 2.05) is 0 Å². The highest BCUT2D eigenvalue weighted by Crippen LogP contribution is 2.48. The highest BCUT2D eigenvalue weighted by atomic mass is 15.2. The first kappa shape index (κ1) is 17.1. The van der Waals surface area contributed by atoms with Crippen molar-refractivity contribution in [3.63, 3.8) is 0 Å². The van der Waals surface area contributed by atoms with Gasteiger partial charge in [-0.2, -0.15) is 0 Å². The maximum atomic E-state index is 3.45. The third-order valence-electron chi connectivity index (χ3n) is 7.11. The van der Waals surface area contributed by atoms with E-state index < -0.39 is 0 Å². The van der Waals surface area contributed by atoms with Gasteiger partial charge >= 0.3 is 0 Å². The molecule has 2 aliphatic rings. The average molecular weight is 359 g/mol. The van der Waals surface area contributed by atoms with Crippen molar-refractivity contribution in [3.05, 3.63) is 70.9 Å². The van der Waals surface area contributed by atoms with E-state index in [0.29, 0.717) is 6.04 Å². The molecule has 3 aromatic rings. The minimum atomic E-state index is 0.575. The summed E-state index contributed by atoms with van der Waals surface area (Å²) in [5.41, 5.74) is 7.12. The molecule has 2 aromatic carbocycles. The van der Waals surface area contributed by atoms with Crippen LogP contribution in [0.4, 0.5) is 0 Å². The molecule has 1 aromatic heterocycles. The second kappa shape index (κ2) is 6.83. The fourth-order valence-electron chi connectivity index (χ4n) is 5.89. The van der Waals surface area contributed by atoms with Gasteiger partial charge in [0.1, 0.15) is 0 Å². The standard InChI is InChI=1S/C25H30N2/c1-17-14-18(2)24-22(12-13-26-24)23(17)16-27-15-20-10-6-7-11-21(20)25(27)19-8-4-3-5-9-19/h3-5,8-9,12-14,20-21,25-26H,6-7,10-11,15-16H2,1-2H3/t20-,21?,25?/m0/s1. The topological polar surface area (TPSA) is 19.0 Å². The second-order valence-electron chi connectivity index (χ2n) is 8.75. The van der Waals surface area contributed by atoms with Crippen LogP contribution in [0.2, 0.25) is 0 Å². The SMILES string of the molecule is Cc1cc(C)c2[nH]ccc2c1CN1C[C@@H]2CCCCC2C1c1ccccc1. The summed E-state index contributed by atoms with van der Waals surface area (Å²) >= 11 is 0. The molecule has 2 nitrogen and oxygen atoms in total. The quantitative estimate of drug-likeness (QED) is 0.595. The summed E-state index contributed by atoms with van der Waals surface area (Å²) in [5, 5.41) is 1.41. The first-order valence-corrected chi connectivity index (χ1v) is 10.6. The van der Waals surface area contributed by atoms with Gasteiger partial charge in [0.2, 0.25) is 0 Å². The molecular weight excluding hydrogens is 328 g/mol. The number of benzene rings is 2. The molecule has 1 aliphatic heterocycles. The van der Waals surface area contributed by atoms with Crippen molar-refractivity contribution in [2.24, 2.45) is 11.8 Å². The minimum absolute atomic E-state index is 0.575. The zero-order chi connectivity index (χ0) is 18.4. The van der Waals surface area contributed by atoms with Crippen LogP contribution in [0.25, 0.3) is 10.9 Å². The lowest BCUT2D eigenvalue weighted by Crippen LogP contribution is -2.26. The van der Waals surface area contributed by atoms with E-state index in [9.17, 15) is 0 Å². The van der Waals surface area contributed by atoms with Crippen molar-refractivity contribution in [2.75, 3.05) is 6.54 Å². The molecule has 1 N–H and O–H groups in total. The number of aromatic nitrogens is 1. The van der Waals surface area contributed by atoms with Crippen LogP contribution < -0.4 is 0 Å². The summed E-state index contributed by atoms with van der Waals surface area (Å²) in [4.78, 5) is 6.25. The number of rotatable bonds is 3. The molecule has 3 atom stereocenters. The lowest BCUT2D eigenvalue weighted by molar-refractivity contribution is 0.207. The molecule has 0 radical (unpaired) electrons. The summed E-state index contributed by atoms with van der Waals surface area (Å²) in [5.74, 6) is 1.70. The summed E-state index contributed by atoms with van der Waals surface area (Å²) in [6.07, 6.45) is 7.73. The van der Waals surface area contributed by atoms with E-state index in [-0.39, 0.29) is 0 Å². The van der Waals surface area contributed by atoms with Gasteiger partial charge in [-0.15, -0.1) is 0 Å². The molecule has 0 amide bonds. The number of hydrogen-bond donors (Lipinski definition) is 1. The van der Waals surface area contributed by atoms with Crippen molar-refractivity contribution in [1.29, 1.82) is 0 Å². The Balaban J connectivity index is 1.55. The van der Waals surface area contributed by atoms with Gasteiger partial charge in [-0.05, 0) is 66.8 Å². The molecule has 2 heteroatoms. The molecule has 27 heavy (non-hydrogen) atoms. The molecule has 2 heterocycles.